The van der Waals surface area contributed by atoms with E-state index in [2.05, 4.69) is 21.2 Å². The van der Waals surface area contributed by atoms with E-state index in [1.807, 2.05) is 0 Å². The molecular weight excluding hydrogens is 277 g/mol. The fourth-order valence-corrected chi connectivity index (χ4v) is 2.90. The lowest BCUT2D eigenvalue weighted by atomic mass is 10.0. The van der Waals surface area contributed by atoms with E-state index in [9.17, 15) is 4.39 Å². The van der Waals surface area contributed by atoms with Crippen molar-refractivity contribution in [1.82, 2.24) is 5.32 Å². The summed E-state index contributed by atoms with van der Waals surface area (Å²) in [6.45, 7) is 1.03. The van der Waals surface area contributed by atoms with Gasteiger partial charge >= 0.3 is 0 Å². The van der Waals surface area contributed by atoms with Crippen molar-refractivity contribution in [3.05, 3.63) is 21.9 Å². The van der Waals surface area contributed by atoms with Crippen LogP contribution in [0.15, 0.2) is 10.5 Å². The second-order valence-electron chi connectivity index (χ2n) is 3.97. The average molecular weight is 288 g/mol. The van der Waals surface area contributed by atoms with Crippen LogP contribution >= 0.6 is 15.9 Å². The van der Waals surface area contributed by atoms with Gasteiger partial charge in [0, 0.05) is 16.1 Å². The Morgan fingerprint density at radius 2 is 2.31 bits per heavy atom. The molecule has 0 aliphatic carbocycles. The van der Waals surface area contributed by atoms with Crippen molar-refractivity contribution in [2.24, 2.45) is 0 Å². The van der Waals surface area contributed by atoms with Crippen molar-refractivity contribution in [3.8, 4) is 11.5 Å². The van der Waals surface area contributed by atoms with Crippen LogP contribution in [0.25, 0.3) is 0 Å². The van der Waals surface area contributed by atoms with Gasteiger partial charge in [-0.15, -0.1) is 0 Å². The van der Waals surface area contributed by atoms with E-state index in [0.29, 0.717) is 11.3 Å². The molecule has 0 spiro atoms. The van der Waals surface area contributed by atoms with Crippen molar-refractivity contribution >= 4 is 15.9 Å². The highest BCUT2D eigenvalue weighted by Crippen LogP contribution is 2.43. The normalized spacial score (nSPS) is 22.8. The molecule has 86 valence electrons. The Morgan fingerprint density at radius 3 is 3.06 bits per heavy atom. The zero-order valence-corrected chi connectivity index (χ0v) is 10.1. The van der Waals surface area contributed by atoms with Gasteiger partial charge in [0.1, 0.15) is 0 Å². The standard InChI is InChI=1S/C11H11BrFNO2/c12-6-4-8-11(16-5-15-8)10(13)9(6)7-2-1-3-14-7/h4,7,14H,1-3,5H2. The van der Waals surface area contributed by atoms with Gasteiger partial charge in [-0.25, -0.2) is 4.39 Å². The summed E-state index contributed by atoms with van der Waals surface area (Å²) >= 11 is 3.40. The largest absolute Gasteiger partial charge is 0.453 e. The fourth-order valence-electron chi connectivity index (χ4n) is 2.24. The Kier molecular flexibility index (Phi) is 2.52. The van der Waals surface area contributed by atoms with Gasteiger partial charge in [-0.05, 0) is 25.5 Å². The maximum absolute atomic E-state index is 14.2. The minimum Gasteiger partial charge on any atom is -0.453 e. The molecule has 16 heavy (non-hydrogen) atoms. The van der Waals surface area contributed by atoms with Gasteiger partial charge in [0.25, 0.3) is 0 Å². The van der Waals surface area contributed by atoms with E-state index in [4.69, 9.17) is 9.47 Å². The highest BCUT2D eigenvalue weighted by molar-refractivity contribution is 9.10. The Bertz CT molecular complexity index is 432. The van der Waals surface area contributed by atoms with Gasteiger partial charge in [-0.2, -0.15) is 0 Å². The third-order valence-electron chi connectivity index (χ3n) is 3.00. The summed E-state index contributed by atoms with van der Waals surface area (Å²) in [4.78, 5) is 0. The second-order valence-corrected chi connectivity index (χ2v) is 4.82. The first-order valence-electron chi connectivity index (χ1n) is 5.28. The molecule has 5 heteroatoms. The van der Waals surface area contributed by atoms with Crippen molar-refractivity contribution in [2.75, 3.05) is 13.3 Å². The molecule has 0 bridgehead atoms. The molecule has 3 rings (SSSR count). The number of ether oxygens (including phenoxy) is 2. The first-order chi connectivity index (χ1) is 7.77. The van der Waals surface area contributed by atoms with Crippen LogP contribution in [0, 0.1) is 5.82 Å². The summed E-state index contributed by atoms with van der Waals surface area (Å²) in [5.41, 5.74) is 0.654. The molecule has 1 unspecified atom stereocenters. The summed E-state index contributed by atoms with van der Waals surface area (Å²) in [7, 11) is 0. The van der Waals surface area contributed by atoms with Gasteiger partial charge < -0.3 is 14.8 Å². The number of rotatable bonds is 1. The topological polar surface area (TPSA) is 30.5 Å². The molecule has 2 aliphatic heterocycles. The van der Waals surface area contributed by atoms with Gasteiger partial charge in [0.2, 0.25) is 12.5 Å². The van der Waals surface area contributed by atoms with E-state index in [-0.39, 0.29) is 24.4 Å². The summed E-state index contributed by atoms with van der Waals surface area (Å²) in [6.07, 6.45) is 2.03. The van der Waals surface area contributed by atoms with Crippen LogP contribution in [-0.2, 0) is 0 Å². The molecule has 0 saturated carbocycles. The summed E-state index contributed by atoms with van der Waals surface area (Å²) in [5.74, 6) is 0.416. The molecule has 1 aromatic carbocycles. The van der Waals surface area contributed by atoms with Gasteiger partial charge in [0.05, 0.1) is 0 Å². The van der Waals surface area contributed by atoms with Crippen LogP contribution in [0.5, 0.6) is 11.5 Å². The smallest absolute Gasteiger partial charge is 0.231 e. The third kappa shape index (κ3) is 1.50. The number of benzene rings is 1. The van der Waals surface area contributed by atoms with Gasteiger partial charge in [0.15, 0.2) is 11.6 Å². The van der Waals surface area contributed by atoms with Crippen LogP contribution in [0.4, 0.5) is 4.39 Å². The molecule has 1 aromatic rings. The van der Waals surface area contributed by atoms with Crippen molar-refractivity contribution < 1.29 is 13.9 Å². The second kappa shape index (κ2) is 3.89. The maximum Gasteiger partial charge on any atom is 0.231 e. The molecule has 0 aromatic heterocycles. The summed E-state index contributed by atoms with van der Waals surface area (Å²) in [6, 6.07) is 1.85. The maximum atomic E-state index is 14.2. The molecule has 0 radical (unpaired) electrons. The van der Waals surface area contributed by atoms with E-state index in [1.54, 1.807) is 6.07 Å². The number of fused-ring (bicyclic) bond motifs is 1. The number of halogens is 2. The monoisotopic (exact) mass is 287 g/mol. The molecule has 2 aliphatic rings. The Hall–Kier alpha value is -0.810. The number of hydrogen-bond acceptors (Lipinski definition) is 3. The summed E-state index contributed by atoms with van der Waals surface area (Å²) < 4.78 is 25.3. The summed E-state index contributed by atoms with van der Waals surface area (Å²) in [5, 5.41) is 3.28. The lowest BCUT2D eigenvalue weighted by Crippen LogP contribution is -2.15. The van der Waals surface area contributed by atoms with Gasteiger partial charge in [-0.1, -0.05) is 15.9 Å². The zero-order chi connectivity index (χ0) is 11.1. The predicted octanol–water partition coefficient (Wildman–Crippen LogP) is 2.74. The lowest BCUT2D eigenvalue weighted by molar-refractivity contribution is 0.170. The first-order valence-corrected chi connectivity index (χ1v) is 6.07. The molecule has 2 heterocycles. The van der Waals surface area contributed by atoms with Gasteiger partial charge in [-0.3, -0.25) is 0 Å². The number of nitrogens with one attached hydrogen (secondary N) is 1. The van der Waals surface area contributed by atoms with E-state index in [1.165, 1.54) is 0 Å². The van der Waals surface area contributed by atoms with E-state index in [0.717, 1.165) is 23.9 Å². The van der Waals surface area contributed by atoms with Crippen LogP contribution in [-0.4, -0.2) is 13.3 Å². The first kappa shape index (κ1) is 10.4. The SMILES string of the molecule is Fc1c2c(cc(Br)c1C1CCCN1)OCO2. The van der Waals surface area contributed by atoms with Crippen LogP contribution in [0.3, 0.4) is 0 Å². The Balaban J connectivity index is 2.10. The zero-order valence-electron chi connectivity index (χ0n) is 8.56. The third-order valence-corrected chi connectivity index (χ3v) is 3.66. The highest BCUT2D eigenvalue weighted by Gasteiger charge is 2.29. The van der Waals surface area contributed by atoms with Crippen molar-refractivity contribution in [1.29, 1.82) is 0 Å². The minimum atomic E-state index is -0.304. The minimum absolute atomic E-state index is 0.0730. The quantitative estimate of drug-likeness (QED) is 0.862. The van der Waals surface area contributed by atoms with E-state index >= 15 is 0 Å². The molecule has 3 nitrogen and oxygen atoms in total. The molecule has 1 atom stereocenters. The van der Waals surface area contributed by atoms with Crippen LogP contribution in [0.2, 0.25) is 0 Å². The molecule has 0 amide bonds. The molecular formula is C11H11BrFNO2. The lowest BCUT2D eigenvalue weighted by Gasteiger charge is -2.15. The molecule has 1 saturated heterocycles. The fraction of sp³-hybridized carbons (Fsp3) is 0.455. The molecule has 1 N–H and O–H groups in total. The van der Waals surface area contributed by atoms with Crippen LogP contribution in [0.1, 0.15) is 24.4 Å². The predicted molar refractivity (Wildman–Crippen MR) is 60.2 cm³/mol. The Morgan fingerprint density at radius 1 is 1.44 bits per heavy atom. The van der Waals surface area contributed by atoms with Crippen molar-refractivity contribution in [2.45, 2.75) is 18.9 Å². The Labute approximate surface area is 101 Å². The van der Waals surface area contributed by atoms with E-state index < -0.39 is 0 Å². The highest BCUT2D eigenvalue weighted by atomic mass is 79.9. The molecule has 1 fully saturated rings. The van der Waals surface area contributed by atoms with Crippen molar-refractivity contribution in [3.63, 3.8) is 0 Å². The number of hydrogen-bond donors (Lipinski definition) is 1. The van der Waals surface area contributed by atoms with Crippen LogP contribution < -0.4 is 14.8 Å². The average Bonchev–Trinajstić information content (AvgIpc) is 2.87.